The van der Waals surface area contributed by atoms with Crippen LogP contribution in [0.25, 0.3) is 0 Å². The van der Waals surface area contributed by atoms with Crippen molar-refractivity contribution in [3.8, 4) is 0 Å². The van der Waals surface area contributed by atoms with E-state index in [0.29, 0.717) is 6.42 Å². The Balaban J connectivity index is 1.92. The number of hydrogen-bond donors (Lipinski definition) is 2. The molecule has 0 aromatic carbocycles. The van der Waals surface area contributed by atoms with Gasteiger partial charge in [0.05, 0.1) is 0 Å². The van der Waals surface area contributed by atoms with E-state index in [9.17, 15) is 4.79 Å². The van der Waals surface area contributed by atoms with Gasteiger partial charge in [-0.2, -0.15) is 0 Å². The van der Waals surface area contributed by atoms with Gasteiger partial charge >= 0.3 is 5.97 Å². The van der Waals surface area contributed by atoms with Crippen molar-refractivity contribution in [3.05, 3.63) is 0 Å². The molecule has 2 atom stereocenters. The molecule has 4 heteroatoms. The standard InChI is InChI=1S/C7H14NO2P/c8-7(5-11-7)4-2-1-3-6(9)10/h11H,1-5,8H2,(H,9,10). The normalized spacial score (nSPS) is 30.6. The van der Waals surface area contributed by atoms with Crippen LogP contribution < -0.4 is 5.73 Å². The van der Waals surface area contributed by atoms with Gasteiger partial charge < -0.3 is 10.8 Å². The molecule has 1 fully saturated rings. The zero-order chi connectivity index (χ0) is 8.32. The number of carbonyl (C=O) groups is 1. The predicted octanol–water partition coefficient (Wildman–Crippen LogP) is 0.978. The summed E-state index contributed by atoms with van der Waals surface area (Å²) in [6.07, 6.45) is 4.20. The lowest BCUT2D eigenvalue weighted by atomic mass is 10.1. The Morgan fingerprint density at radius 1 is 1.64 bits per heavy atom. The van der Waals surface area contributed by atoms with Crippen molar-refractivity contribution in [2.45, 2.75) is 31.0 Å². The van der Waals surface area contributed by atoms with E-state index in [1.807, 2.05) is 0 Å². The van der Waals surface area contributed by atoms with Crippen molar-refractivity contribution in [2.75, 3.05) is 6.16 Å². The summed E-state index contributed by atoms with van der Waals surface area (Å²) in [6.45, 7) is 0. The lowest BCUT2D eigenvalue weighted by Crippen LogP contribution is -2.21. The fraction of sp³-hybridized carbons (Fsp3) is 0.857. The smallest absolute Gasteiger partial charge is 0.303 e. The highest BCUT2D eigenvalue weighted by molar-refractivity contribution is 7.49. The van der Waals surface area contributed by atoms with Crippen molar-refractivity contribution in [1.82, 2.24) is 0 Å². The molecular formula is C7H14NO2P. The van der Waals surface area contributed by atoms with Crippen LogP contribution in [0.15, 0.2) is 0 Å². The minimum atomic E-state index is -0.700. The van der Waals surface area contributed by atoms with Crippen LogP contribution in [0.4, 0.5) is 0 Å². The predicted molar refractivity (Wildman–Crippen MR) is 46.2 cm³/mol. The highest BCUT2D eigenvalue weighted by atomic mass is 31.1. The maximum Gasteiger partial charge on any atom is 0.303 e. The van der Waals surface area contributed by atoms with Gasteiger partial charge in [0.2, 0.25) is 0 Å². The lowest BCUT2D eigenvalue weighted by molar-refractivity contribution is -0.137. The number of aliphatic carboxylic acids is 1. The molecule has 0 spiro atoms. The summed E-state index contributed by atoms with van der Waals surface area (Å²) in [5.41, 5.74) is 5.83. The number of carboxylic acid groups (broad SMARTS) is 1. The summed E-state index contributed by atoms with van der Waals surface area (Å²) in [5, 5.41) is 8.45. The highest BCUT2D eigenvalue weighted by Crippen LogP contribution is 2.50. The van der Waals surface area contributed by atoms with Crippen LogP contribution in [0.3, 0.4) is 0 Å². The first kappa shape index (κ1) is 8.95. The van der Waals surface area contributed by atoms with E-state index in [1.54, 1.807) is 0 Å². The third-order valence-corrected chi connectivity index (χ3v) is 3.41. The lowest BCUT2D eigenvalue weighted by Gasteiger charge is -2.05. The van der Waals surface area contributed by atoms with E-state index in [2.05, 4.69) is 0 Å². The molecule has 2 unspecified atom stereocenters. The van der Waals surface area contributed by atoms with E-state index in [4.69, 9.17) is 10.8 Å². The molecule has 1 heterocycles. The van der Waals surface area contributed by atoms with Gasteiger partial charge in [0.1, 0.15) is 0 Å². The molecule has 0 bridgehead atoms. The van der Waals surface area contributed by atoms with E-state index in [0.717, 1.165) is 34.0 Å². The number of unbranched alkanes of at least 4 members (excludes halogenated alkanes) is 1. The molecule has 0 radical (unpaired) electrons. The molecule has 1 saturated heterocycles. The largest absolute Gasteiger partial charge is 0.481 e. The molecule has 0 saturated carbocycles. The van der Waals surface area contributed by atoms with Gasteiger partial charge in [0.25, 0.3) is 0 Å². The van der Waals surface area contributed by atoms with Crippen molar-refractivity contribution >= 4 is 14.6 Å². The Bertz CT molecular complexity index is 157. The highest BCUT2D eigenvalue weighted by Gasteiger charge is 2.36. The van der Waals surface area contributed by atoms with Crippen LogP contribution in [0, 0.1) is 0 Å². The summed E-state index contributed by atoms with van der Waals surface area (Å²) in [7, 11) is 0.913. The Morgan fingerprint density at radius 3 is 2.73 bits per heavy atom. The van der Waals surface area contributed by atoms with Crippen molar-refractivity contribution in [1.29, 1.82) is 0 Å². The van der Waals surface area contributed by atoms with Crippen LogP contribution in [0.1, 0.15) is 25.7 Å². The number of rotatable bonds is 5. The molecule has 3 N–H and O–H groups in total. The second-order valence-electron chi connectivity index (χ2n) is 3.11. The average Bonchev–Trinajstić information content (AvgIpc) is 2.62. The zero-order valence-corrected chi connectivity index (χ0v) is 7.47. The third-order valence-electron chi connectivity index (χ3n) is 1.89. The number of nitrogens with two attached hydrogens (primary N) is 1. The maximum atomic E-state index is 10.1. The second-order valence-corrected chi connectivity index (χ2v) is 4.81. The molecule has 64 valence electrons. The first-order valence-electron chi connectivity index (χ1n) is 3.88. The average molecular weight is 175 g/mol. The van der Waals surface area contributed by atoms with Crippen LogP contribution in [0.5, 0.6) is 0 Å². The minimum Gasteiger partial charge on any atom is -0.481 e. The molecule has 0 aromatic heterocycles. The van der Waals surface area contributed by atoms with Crippen molar-refractivity contribution < 1.29 is 9.90 Å². The van der Waals surface area contributed by atoms with E-state index in [-0.39, 0.29) is 5.28 Å². The first-order chi connectivity index (χ1) is 5.12. The van der Waals surface area contributed by atoms with Gasteiger partial charge in [0, 0.05) is 11.7 Å². The van der Waals surface area contributed by atoms with Gasteiger partial charge in [-0.1, -0.05) is 15.0 Å². The van der Waals surface area contributed by atoms with Crippen LogP contribution >= 0.6 is 8.58 Å². The van der Waals surface area contributed by atoms with Crippen LogP contribution in [0.2, 0.25) is 0 Å². The molecular weight excluding hydrogens is 161 g/mol. The zero-order valence-electron chi connectivity index (χ0n) is 6.47. The molecule has 1 aliphatic rings. The van der Waals surface area contributed by atoms with Crippen LogP contribution in [-0.4, -0.2) is 22.5 Å². The Labute approximate surface area is 68.1 Å². The molecule has 1 aliphatic heterocycles. The Kier molecular flexibility index (Phi) is 2.85. The molecule has 0 aliphatic carbocycles. The SMILES string of the molecule is NC1(CCCCC(=O)O)CP1. The summed E-state index contributed by atoms with van der Waals surface area (Å²) < 4.78 is 0. The van der Waals surface area contributed by atoms with Gasteiger partial charge in [-0.3, -0.25) is 4.79 Å². The van der Waals surface area contributed by atoms with Gasteiger partial charge in [-0.15, -0.1) is 0 Å². The third kappa shape index (κ3) is 3.68. The van der Waals surface area contributed by atoms with Crippen LogP contribution in [-0.2, 0) is 4.79 Å². The summed E-state index contributed by atoms with van der Waals surface area (Å²) >= 11 is 0. The minimum absolute atomic E-state index is 0.124. The molecule has 3 nitrogen and oxygen atoms in total. The summed E-state index contributed by atoms with van der Waals surface area (Å²) in [5.74, 6) is -0.700. The first-order valence-corrected chi connectivity index (χ1v) is 5.09. The monoisotopic (exact) mass is 175 g/mol. The van der Waals surface area contributed by atoms with E-state index in [1.165, 1.54) is 0 Å². The van der Waals surface area contributed by atoms with E-state index >= 15 is 0 Å². The number of carboxylic acids is 1. The number of hydrogen-bond acceptors (Lipinski definition) is 2. The molecule has 11 heavy (non-hydrogen) atoms. The fourth-order valence-electron chi connectivity index (χ4n) is 1.01. The molecule has 1 rings (SSSR count). The maximum absolute atomic E-state index is 10.1. The Morgan fingerprint density at radius 2 is 2.27 bits per heavy atom. The van der Waals surface area contributed by atoms with Crippen molar-refractivity contribution in [3.63, 3.8) is 0 Å². The quantitative estimate of drug-likeness (QED) is 0.483. The molecule has 0 aromatic rings. The van der Waals surface area contributed by atoms with Gasteiger partial charge in [0.15, 0.2) is 0 Å². The summed E-state index contributed by atoms with van der Waals surface area (Å²) in [4.78, 5) is 10.1. The second kappa shape index (κ2) is 3.51. The molecule has 0 amide bonds. The topological polar surface area (TPSA) is 63.3 Å². The van der Waals surface area contributed by atoms with Crippen molar-refractivity contribution in [2.24, 2.45) is 5.73 Å². The fourth-order valence-corrected chi connectivity index (χ4v) is 1.76. The van der Waals surface area contributed by atoms with E-state index < -0.39 is 5.97 Å². The summed E-state index contributed by atoms with van der Waals surface area (Å²) in [6, 6.07) is 0. The van der Waals surface area contributed by atoms with Gasteiger partial charge in [-0.25, -0.2) is 0 Å². The van der Waals surface area contributed by atoms with Gasteiger partial charge in [-0.05, 0) is 19.0 Å². The Hall–Kier alpha value is -0.140.